The first-order valence-electron chi connectivity index (χ1n) is 9.42. The van der Waals surface area contributed by atoms with Gasteiger partial charge in [-0.05, 0) is 23.1 Å². The maximum atomic E-state index is 12.5. The first-order chi connectivity index (χ1) is 15.3. The van der Waals surface area contributed by atoms with Gasteiger partial charge in [0.25, 0.3) is 0 Å². The molecule has 7 nitrogen and oxygen atoms in total. The van der Waals surface area contributed by atoms with Gasteiger partial charge in [-0.2, -0.15) is 0 Å². The molecule has 0 radical (unpaired) electrons. The number of hydrogen-bond donors (Lipinski definition) is 2. The fourth-order valence-electron chi connectivity index (χ4n) is 3.24. The molecule has 32 heavy (non-hydrogen) atoms. The van der Waals surface area contributed by atoms with Crippen molar-refractivity contribution >= 4 is 54.6 Å². The fourth-order valence-corrected chi connectivity index (χ4v) is 5.50. The lowest BCUT2D eigenvalue weighted by Crippen LogP contribution is -2.36. The third-order valence-electron chi connectivity index (χ3n) is 4.62. The number of benzene rings is 2. The van der Waals surface area contributed by atoms with Gasteiger partial charge in [0.1, 0.15) is 15.7 Å². The van der Waals surface area contributed by atoms with E-state index < -0.39 is 21.9 Å². The average molecular weight is 483 g/mol. The first kappa shape index (κ1) is 22.0. The topological polar surface area (TPSA) is 101 Å². The van der Waals surface area contributed by atoms with Crippen LogP contribution >= 0.6 is 22.7 Å². The summed E-state index contributed by atoms with van der Waals surface area (Å²) in [6, 6.07) is 12.1. The first-order valence-corrected chi connectivity index (χ1v) is 13.2. The van der Waals surface area contributed by atoms with Crippen molar-refractivity contribution in [3.8, 4) is 23.5 Å². The highest BCUT2D eigenvalue weighted by molar-refractivity contribution is 7.90. The Labute approximate surface area is 193 Å². The number of carbonyl (C=O) groups is 1. The predicted molar refractivity (Wildman–Crippen MR) is 130 cm³/mol. The summed E-state index contributed by atoms with van der Waals surface area (Å²) in [5.41, 5.74) is 5.45. The molecule has 162 valence electrons. The van der Waals surface area contributed by atoms with Crippen LogP contribution in [0.3, 0.4) is 0 Å². The smallest absolute Gasteiger partial charge is 0.320 e. The van der Waals surface area contributed by atoms with Crippen molar-refractivity contribution in [1.29, 1.82) is 0 Å². The lowest BCUT2D eigenvalue weighted by atomic mass is 10.0. The number of anilines is 1. The average Bonchev–Trinajstić information content (AvgIpc) is 3.41. The summed E-state index contributed by atoms with van der Waals surface area (Å²) < 4.78 is 25.1. The Balaban J connectivity index is 1.57. The highest BCUT2D eigenvalue weighted by Crippen LogP contribution is 2.31. The summed E-state index contributed by atoms with van der Waals surface area (Å²) in [7, 11) is -3.36. The van der Waals surface area contributed by atoms with Gasteiger partial charge in [0.15, 0.2) is 5.01 Å². The second-order valence-corrected chi connectivity index (χ2v) is 11.0. The van der Waals surface area contributed by atoms with Crippen LogP contribution in [-0.2, 0) is 9.84 Å². The Morgan fingerprint density at radius 2 is 1.97 bits per heavy atom. The van der Waals surface area contributed by atoms with Crippen LogP contribution in [0.15, 0.2) is 53.4 Å². The van der Waals surface area contributed by atoms with Crippen molar-refractivity contribution in [1.82, 2.24) is 15.3 Å². The lowest BCUT2D eigenvalue weighted by molar-refractivity contribution is 0.249. The van der Waals surface area contributed by atoms with Gasteiger partial charge in [-0.3, -0.25) is 5.32 Å². The molecule has 2 amide bonds. The van der Waals surface area contributed by atoms with E-state index in [9.17, 15) is 13.2 Å². The summed E-state index contributed by atoms with van der Waals surface area (Å²) >= 11 is 2.80. The lowest BCUT2D eigenvalue weighted by Gasteiger charge is -2.19. The molecule has 4 rings (SSSR count). The van der Waals surface area contributed by atoms with Gasteiger partial charge in [-0.15, -0.1) is 29.1 Å². The molecule has 2 aromatic carbocycles. The Hall–Kier alpha value is -3.26. The Morgan fingerprint density at radius 1 is 1.19 bits per heavy atom. The SMILES string of the molecule is C#Cc1nc(NC(=O)N[C@@H](CS(C)(=O)=O)c2ccc(-c3cccc4ncsc34)cc2)cs1. The number of aromatic nitrogens is 2. The van der Waals surface area contributed by atoms with Crippen LogP contribution in [0.5, 0.6) is 0 Å². The minimum Gasteiger partial charge on any atom is -0.330 e. The Morgan fingerprint density at radius 3 is 2.66 bits per heavy atom. The zero-order valence-corrected chi connectivity index (χ0v) is 19.4. The standard InChI is InChI=1S/C22H18N4O3S3/c1-3-20-25-19(11-30-20)26-22(27)24-18(12-32(2,28)29)15-9-7-14(8-10-15)16-5-4-6-17-21(16)31-13-23-17/h1,4-11,13,18H,12H2,2H3,(H2,24,26,27)/t18-/m0/s1. The van der Waals surface area contributed by atoms with Crippen LogP contribution in [0.25, 0.3) is 21.3 Å². The fraction of sp³-hybridized carbons (Fsp3) is 0.136. The number of terminal acetylenes is 1. The van der Waals surface area contributed by atoms with E-state index in [4.69, 9.17) is 6.42 Å². The maximum absolute atomic E-state index is 12.5. The third-order valence-corrected chi connectivity index (χ3v) is 7.21. The molecule has 0 unspecified atom stereocenters. The number of rotatable bonds is 6. The predicted octanol–water partition coefficient (Wildman–Crippen LogP) is 4.31. The van der Waals surface area contributed by atoms with E-state index in [0.717, 1.165) is 27.6 Å². The van der Waals surface area contributed by atoms with Crippen LogP contribution in [0.4, 0.5) is 10.6 Å². The molecule has 2 aromatic heterocycles. The minimum absolute atomic E-state index is 0.239. The second-order valence-electron chi connectivity index (χ2n) is 7.05. The highest BCUT2D eigenvalue weighted by atomic mass is 32.2. The van der Waals surface area contributed by atoms with Gasteiger partial charge in [0.2, 0.25) is 0 Å². The van der Waals surface area contributed by atoms with Crippen LogP contribution in [0, 0.1) is 12.3 Å². The number of hydrogen-bond acceptors (Lipinski definition) is 7. The number of carbonyl (C=O) groups excluding carboxylic acids is 1. The maximum Gasteiger partial charge on any atom is 0.320 e. The number of thiazole rings is 2. The van der Waals surface area contributed by atoms with Crippen LogP contribution in [0.2, 0.25) is 0 Å². The van der Waals surface area contributed by atoms with E-state index in [2.05, 4.69) is 26.5 Å². The number of nitrogens with one attached hydrogen (secondary N) is 2. The van der Waals surface area contributed by atoms with Crippen LogP contribution in [0.1, 0.15) is 16.6 Å². The molecule has 0 aliphatic carbocycles. The molecule has 0 fully saturated rings. The van der Waals surface area contributed by atoms with E-state index in [-0.39, 0.29) is 5.75 Å². The number of nitrogens with zero attached hydrogens (tertiary/aromatic N) is 2. The number of urea groups is 1. The van der Waals surface area contributed by atoms with Crippen molar-refractivity contribution < 1.29 is 13.2 Å². The normalized spacial score (nSPS) is 12.2. The number of fused-ring (bicyclic) bond motifs is 1. The molecular formula is C22H18N4O3S3. The van der Waals surface area contributed by atoms with Gasteiger partial charge in [0.05, 0.1) is 27.5 Å². The Bertz CT molecular complexity index is 1420. The van der Waals surface area contributed by atoms with E-state index in [0.29, 0.717) is 16.4 Å². The number of sulfone groups is 1. The highest BCUT2D eigenvalue weighted by Gasteiger charge is 2.20. The Kier molecular flexibility index (Phi) is 6.23. The largest absolute Gasteiger partial charge is 0.330 e. The molecule has 10 heteroatoms. The summed E-state index contributed by atoms with van der Waals surface area (Å²) in [6.45, 7) is 0. The molecule has 0 aliphatic rings. The van der Waals surface area contributed by atoms with Gasteiger partial charge in [-0.25, -0.2) is 23.2 Å². The molecule has 0 saturated heterocycles. The second kappa shape index (κ2) is 9.08. The van der Waals surface area contributed by atoms with E-state index >= 15 is 0 Å². The van der Waals surface area contributed by atoms with E-state index in [1.807, 2.05) is 48.0 Å². The molecule has 0 aliphatic heterocycles. The zero-order chi connectivity index (χ0) is 22.7. The quantitative estimate of drug-likeness (QED) is 0.399. The van der Waals surface area contributed by atoms with Crippen molar-refractivity contribution in [2.75, 3.05) is 17.3 Å². The van der Waals surface area contributed by atoms with E-state index in [1.54, 1.807) is 16.7 Å². The van der Waals surface area contributed by atoms with Gasteiger partial charge in [-0.1, -0.05) is 36.4 Å². The third kappa shape index (κ3) is 5.13. The molecule has 0 spiro atoms. The zero-order valence-electron chi connectivity index (χ0n) is 16.9. The van der Waals surface area contributed by atoms with Crippen LogP contribution < -0.4 is 10.6 Å². The number of amides is 2. The van der Waals surface area contributed by atoms with E-state index in [1.165, 1.54) is 11.3 Å². The van der Waals surface area contributed by atoms with Crippen molar-refractivity contribution in [3.63, 3.8) is 0 Å². The monoisotopic (exact) mass is 482 g/mol. The van der Waals surface area contributed by atoms with Gasteiger partial charge < -0.3 is 5.32 Å². The molecule has 0 saturated carbocycles. The summed E-state index contributed by atoms with van der Waals surface area (Å²) in [5, 5.41) is 7.38. The molecule has 0 bridgehead atoms. The summed E-state index contributed by atoms with van der Waals surface area (Å²) in [4.78, 5) is 20.9. The summed E-state index contributed by atoms with van der Waals surface area (Å²) in [6.07, 6.45) is 6.44. The molecule has 4 aromatic rings. The van der Waals surface area contributed by atoms with Gasteiger partial charge >= 0.3 is 6.03 Å². The van der Waals surface area contributed by atoms with Crippen molar-refractivity contribution in [3.05, 3.63) is 63.9 Å². The molecule has 1 atom stereocenters. The van der Waals surface area contributed by atoms with Gasteiger partial charge in [0, 0.05) is 17.2 Å². The van der Waals surface area contributed by atoms with Crippen molar-refractivity contribution in [2.24, 2.45) is 0 Å². The molecular weight excluding hydrogens is 464 g/mol. The summed E-state index contributed by atoms with van der Waals surface area (Å²) in [5.74, 6) is 2.47. The molecule has 2 heterocycles. The minimum atomic E-state index is -3.36. The van der Waals surface area contributed by atoms with Crippen molar-refractivity contribution in [2.45, 2.75) is 6.04 Å². The molecule has 2 N–H and O–H groups in total. The van der Waals surface area contributed by atoms with Crippen LogP contribution in [-0.4, -0.2) is 36.4 Å².